The van der Waals surface area contributed by atoms with Gasteiger partial charge in [0.15, 0.2) is 0 Å². The van der Waals surface area contributed by atoms with Crippen LogP contribution < -0.4 is 4.74 Å². The Labute approximate surface area is 122 Å². The van der Waals surface area contributed by atoms with E-state index in [0.29, 0.717) is 0 Å². The molecule has 1 N–H and O–H groups in total. The molecule has 0 heterocycles. The molecule has 0 fully saturated rings. The van der Waals surface area contributed by atoms with Gasteiger partial charge in [0.2, 0.25) is 0 Å². The predicted molar refractivity (Wildman–Crippen MR) is 69.9 cm³/mol. The molecule has 0 bridgehead atoms. The fourth-order valence-electron chi connectivity index (χ4n) is 1.67. The summed E-state index contributed by atoms with van der Waals surface area (Å²) < 4.78 is 43.7. The number of aromatic carboxylic acids is 1. The van der Waals surface area contributed by atoms with E-state index in [1.165, 1.54) is 24.3 Å². The van der Waals surface area contributed by atoms with E-state index < -0.39 is 23.5 Å². The fraction of sp³-hybridized carbons (Fsp3) is 0.0714. The highest BCUT2D eigenvalue weighted by molar-refractivity contribution is 6.31. The number of alkyl halides is 3. The van der Waals surface area contributed by atoms with Crippen LogP contribution in [0.1, 0.15) is 15.9 Å². The Morgan fingerprint density at radius 1 is 1.10 bits per heavy atom. The largest absolute Gasteiger partial charge is 0.478 e. The first-order chi connectivity index (χ1) is 9.79. The van der Waals surface area contributed by atoms with Gasteiger partial charge >= 0.3 is 12.1 Å². The molecule has 2 aromatic carbocycles. The number of ether oxygens (including phenoxy) is 1. The lowest BCUT2D eigenvalue weighted by Crippen LogP contribution is -2.08. The highest BCUT2D eigenvalue weighted by Gasteiger charge is 2.34. The number of benzene rings is 2. The predicted octanol–water partition coefficient (Wildman–Crippen LogP) is 4.85. The van der Waals surface area contributed by atoms with Crippen molar-refractivity contribution in [3.8, 4) is 11.5 Å². The second-order valence-electron chi connectivity index (χ2n) is 4.04. The molecule has 2 aromatic rings. The minimum Gasteiger partial charge on any atom is -0.478 e. The van der Waals surface area contributed by atoms with Crippen LogP contribution in [0.15, 0.2) is 42.5 Å². The molecule has 0 atom stereocenters. The summed E-state index contributed by atoms with van der Waals surface area (Å²) in [6.07, 6.45) is -4.60. The first-order valence-electron chi connectivity index (χ1n) is 5.66. The number of carboxylic acids is 1. The van der Waals surface area contributed by atoms with Crippen LogP contribution in [-0.2, 0) is 6.18 Å². The Morgan fingerprint density at radius 3 is 2.38 bits per heavy atom. The molecule has 7 heteroatoms. The van der Waals surface area contributed by atoms with Crippen molar-refractivity contribution in [2.45, 2.75) is 6.18 Å². The highest BCUT2D eigenvalue weighted by atomic mass is 35.5. The zero-order valence-electron chi connectivity index (χ0n) is 10.3. The van der Waals surface area contributed by atoms with Crippen LogP contribution in [0.25, 0.3) is 0 Å². The minimum atomic E-state index is -4.60. The minimum absolute atomic E-state index is 0.142. The third kappa shape index (κ3) is 3.46. The average molecular weight is 317 g/mol. The number of hydrogen-bond donors (Lipinski definition) is 1. The zero-order chi connectivity index (χ0) is 15.6. The van der Waals surface area contributed by atoms with Gasteiger partial charge in [-0.05, 0) is 30.3 Å². The van der Waals surface area contributed by atoms with E-state index in [4.69, 9.17) is 21.4 Å². The number of carbonyl (C=O) groups is 1. The molecule has 0 saturated carbocycles. The fourth-order valence-corrected chi connectivity index (χ4v) is 1.84. The summed E-state index contributed by atoms with van der Waals surface area (Å²) in [7, 11) is 0. The van der Waals surface area contributed by atoms with Gasteiger partial charge in [-0.3, -0.25) is 0 Å². The topological polar surface area (TPSA) is 46.5 Å². The van der Waals surface area contributed by atoms with Crippen molar-refractivity contribution >= 4 is 17.6 Å². The van der Waals surface area contributed by atoms with Crippen LogP contribution in [0.4, 0.5) is 13.2 Å². The van der Waals surface area contributed by atoms with Gasteiger partial charge in [0, 0.05) is 5.02 Å². The molecule has 0 amide bonds. The van der Waals surface area contributed by atoms with E-state index in [0.717, 1.165) is 18.2 Å². The Balaban J connectivity index is 2.47. The first-order valence-corrected chi connectivity index (χ1v) is 6.04. The lowest BCUT2D eigenvalue weighted by molar-refractivity contribution is -0.138. The molecule has 0 radical (unpaired) electrons. The van der Waals surface area contributed by atoms with Crippen molar-refractivity contribution in [1.82, 2.24) is 0 Å². The van der Waals surface area contributed by atoms with E-state index in [2.05, 4.69) is 0 Å². The van der Waals surface area contributed by atoms with Gasteiger partial charge < -0.3 is 9.84 Å². The molecule has 0 aliphatic heterocycles. The molecule has 0 spiro atoms. The second kappa shape index (κ2) is 5.65. The Hall–Kier alpha value is -2.21. The van der Waals surface area contributed by atoms with Crippen molar-refractivity contribution in [3.63, 3.8) is 0 Å². The molecule has 110 valence electrons. The van der Waals surface area contributed by atoms with Gasteiger partial charge in [0.05, 0.1) is 5.56 Å². The van der Waals surface area contributed by atoms with Crippen molar-refractivity contribution in [2.75, 3.05) is 0 Å². The molecule has 21 heavy (non-hydrogen) atoms. The smallest absolute Gasteiger partial charge is 0.419 e. The van der Waals surface area contributed by atoms with Crippen molar-refractivity contribution in [1.29, 1.82) is 0 Å². The SMILES string of the molecule is O=C(O)c1cc(Cl)ccc1Oc1ccccc1C(F)(F)F. The number of para-hydroxylation sites is 1. The van der Waals surface area contributed by atoms with Crippen LogP contribution in [0.5, 0.6) is 11.5 Å². The molecular formula is C14H8ClF3O3. The third-order valence-electron chi connectivity index (χ3n) is 2.58. The van der Waals surface area contributed by atoms with Crippen LogP contribution in [-0.4, -0.2) is 11.1 Å². The standard InChI is InChI=1S/C14H8ClF3O3/c15-8-5-6-11(9(7-8)13(19)20)21-12-4-2-1-3-10(12)14(16,17)18/h1-7H,(H,19,20). The van der Waals surface area contributed by atoms with Crippen LogP contribution in [0.2, 0.25) is 5.02 Å². The quantitative estimate of drug-likeness (QED) is 0.880. The Morgan fingerprint density at radius 2 is 1.76 bits per heavy atom. The number of carboxylic acid groups (broad SMARTS) is 1. The van der Waals surface area contributed by atoms with E-state index in [1.54, 1.807) is 0 Å². The molecule has 3 nitrogen and oxygen atoms in total. The van der Waals surface area contributed by atoms with E-state index in [9.17, 15) is 18.0 Å². The molecule has 2 rings (SSSR count). The summed E-state index contributed by atoms with van der Waals surface area (Å²) in [4.78, 5) is 11.1. The van der Waals surface area contributed by atoms with Gasteiger partial charge in [-0.15, -0.1) is 0 Å². The second-order valence-corrected chi connectivity index (χ2v) is 4.48. The van der Waals surface area contributed by atoms with Gasteiger partial charge in [-0.2, -0.15) is 13.2 Å². The van der Waals surface area contributed by atoms with E-state index in [-0.39, 0.29) is 16.3 Å². The summed E-state index contributed by atoms with van der Waals surface area (Å²) in [6, 6.07) is 8.19. The molecule has 0 saturated heterocycles. The molecule has 0 aliphatic rings. The summed E-state index contributed by atoms with van der Waals surface area (Å²) >= 11 is 5.67. The van der Waals surface area contributed by atoms with E-state index >= 15 is 0 Å². The highest BCUT2D eigenvalue weighted by Crippen LogP contribution is 2.38. The summed E-state index contributed by atoms with van der Waals surface area (Å²) in [5.74, 6) is -2.05. The maximum Gasteiger partial charge on any atom is 0.419 e. The maximum absolute atomic E-state index is 12.9. The normalized spacial score (nSPS) is 11.2. The van der Waals surface area contributed by atoms with Gasteiger partial charge in [0.1, 0.15) is 17.1 Å². The monoisotopic (exact) mass is 316 g/mol. The lowest BCUT2D eigenvalue weighted by atomic mass is 10.1. The van der Waals surface area contributed by atoms with Crippen molar-refractivity contribution in [2.24, 2.45) is 0 Å². The Bertz CT molecular complexity index is 683. The lowest BCUT2D eigenvalue weighted by Gasteiger charge is -2.14. The van der Waals surface area contributed by atoms with Crippen LogP contribution in [0, 0.1) is 0 Å². The van der Waals surface area contributed by atoms with Crippen LogP contribution >= 0.6 is 11.6 Å². The van der Waals surface area contributed by atoms with Crippen molar-refractivity contribution < 1.29 is 27.8 Å². The zero-order valence-corrected chi connectivity index (χ0v) is 11.1. The van der Waals surface area contributed by atoms with Gasteiger partial charge in [0.25, 0.3) is 0 Å². The maximum atomic E-state index is 12.9. The molecule has 0 unspecified atom stereocenters. The number of hydrogen-bond acceptors (Lipinski definition) is 2. The van der Waals surface area contributed by atoms with Crippen molar-refractivity contribution in [3.05, 3.63) is 58.6 Å². The number of rotatable bonds is 3. The van der Waals surface area contributed by atoms with Gasteiger partial charge in [-0.1, -0.05) is 23.7 Å². The summed E-state index contributed by atoms with van der Waals surface area (Å²) in [6.45, 7) is 0. The van der Waals surface area contributed by atoms with Gasteiger partial charge in [-0.25, -0.2) is 4.79 Å². The molecule has 0 aliphatic carbocycles. The van der Waals surface area contributed by atoms with E-state index in [1.807, 2.05) is 0 Å². The first kappa shape index (κ1) is 15.2. The average Bonchev–Trinajstić information content (AvgIpc) is 2.40. The summed E-state index contributed by atoms with van der Waals surface area (Å²) in [5, 5.41) is 9.18. The third-order valence-corrected chi connectivity index (χ3v) is 2.82. The number of halogens is 4. The molecular weight excluding hydrogens is 309 g/mol. The summed E-state index contributed by atoms with van der Waals surface area (Å²) in [5.41, 5.74) is -1.31. The molecule has 0 aromatic heterocycles. The Kier molecular flexibility index (Phi) is 4.09. The van der Waals surface area contributed by atoms with Crippen LogP contribution in [0.3, 0.4) is 0 Å².